The second-order valence-electron chi connectivity index (χ2n) is 5.08. The summed E-state index contributed by atoms with van der Waals surface area (Å²) in [5.41, 5.74) is 2.09. The number of nitrogens with zero attached hydrogens (tertiary/aromatic N) is 2. The number of aromatic nitrogens is 2. The maximum absolute atomic E-state index is 11.9. The Morgan fingerprint density at radius 2 is 1.88 bits per heavy atom. The third-order valence-electron chi connectivity index (χ3n) is 3.17. The minimum absolute atomic E-state index is 0.0823. The fourth-order valence-electron chi connectivity index (χ4n) is 1.93. The largest absolute Gasteiger partial charge is 0.484 e. The van der Waals surface area contributed by atoms with E-state index >= 15 is 0 Å². The van der Waals surface area contributed by atoms with Crippen molar-refractivity contribution in [2.45, 2.75) is 6.92 Å². The summed E-state index contributed by atoms with van der Waals surface area (Å²) in [5.74, 6) is 0.958. The predicted molar refractivity (Wildman–Crippen MR) is 98.3 cm³/mol. The van der Waals surface area contributed by atoms with E-state index in [2.05, 4.69) is 30.6 Å². The Kier molecular flexibility index (Phi) is 5.22. The van der Waals surface area contributed by atoms with Gasteiger partial charge in [0, 0.05) is 21.6 Å². The van der Waals surface area contributed by atoms with Gasteiger partial charge in [0.25, 0.3) is 5.91 Å². The zero-order valence-electron chi connectivity index (χ0n) is 12.8. The fraction of sp³-hybridized carbons (Fsp3) is 0.118. The smallest absolute Gasteiger partial charge is 0.264 e. The van der Waals surface area contributed by atoms with Gasteiger partial charge in [-0.3, -0.25) is 10.1 Å². The number of aryl methyl sites for hydroxylation is 1. The average molecular weight is 404 g/mol. The maximum Gasteiger partial charge on any atom is 0.264 e. The summed E-state index contributed by atoms with van der Waals surface area (Å²) in [6, 6.07) is 15.2. The van der Waals surface area contributed by atoms with Crippen LogP contribution in [0.3, 0.4) is 0 Å². The van der Waals surface area contributed by atoms with Crippen molar-refractivity contribution in [3.05, 3.63) is 58.6 Å². The summed E-state index contributed by atoms with van der Waals surface area (Å²) >= 11 is 4.49. The van der Waals surface area contributed by atoms with Gasteiger partial charge in [-0.25, -0.2) is 0 Å². The number of carbonyl (C=O) groups excluding carboxylic acids is 1. The number of anilines is 1. The number of ether oxygens (including phenoxy) is 1. The van der Waals surface area contributed by atoms with Gasteiger partial charge >= 0.3 is 0 Å². The van der Waals surface area contributed by atoms with E-state index in [1.54, 1.807) is 12.1 Å². The summed E-state index contributed by atoms with van der Waals surface area (Å²) < 4.78 is 10.6. The molecule has 0 aliphatic rings. The van der Waals surface area contributed by atoms with Gasteiger partial charge in [-0.2, -0.15) is 9.36 Å². The van der Waals surface area contributed by atoms with E-state index < -0.39 is 0 Å². The first kappa shape index (κ1) is 16.6. The van der Waals surface area contributed by atoms with Crippen LogP contribution in [0, 0.1) is 6.92 Å². The molecule has 0 bridgehead atoms. The average Bonchev–Trinajstić information content (AvgIpc) is 3.03. The highest BCUT2D eigenvalue weighted by Gasteiger charge is 2.10. The van der Waals surface area contributed by atoms with Gasteiger partial charge in [0.1, 0.15) is 5.75 Å². The van der Waals surface area contributed by atoms with Crippen molar-refractivity contribution >= 4 is 38.5 Å². The topological polar surface area (TPSA) is 64.1 Å². The molecule has 1 heterocycles. The molecule has 0 saturated carbocycles. The number of hydrogen-bond acceptors (Lipinski definition) is 5. The standard InChI is InChI=1S/C17H14BrN3O2S/c1-11-2-4-12(5-3-11)16-20-17(24-21-16)19-15(22)10-23-14-8-6-13(18)7-9-14/h2-9H,10H2,1H3,(H,19,20,21,22). The van der Waals surface area contributed by atoms with Crippen LogP contribution in [0.2, 0.25) is 0 Å². The van der Waals surface area contributed by atoms with Crippen LogP contribution in [0.4, 0.5) is 5.13 Å². The molecule has 3 rings (SSSR count). The molecule has 0 spiro atoms. The van der Waals surface area contributed by atoms with Crippen LogP contribution in [-0.4, -0.2) is 21.9 Å². The Morgan fingerprint density at radius 3 is 2.58 bits per heavy atom. The molecule has 2 aromatic carbocycles. The number of amides is 1. The van der Waals surface area contributed by atoms with Crippen molar-refractivity contribution in [3.63, 3.8) is 0 Å². The molecule has 1 N–H and O–H groups in total. The van der Waals surface area contributed by atoms with Gasteiger partial charge in [0.05, 0.1) is 0 Å². The summed E-state index contributed by atoms with van der Waals surface area (Å²) in [6.45, 7) is 1.94. The summed E-state index contributed by atoms with van der Waals surface area (Å²) in [4.78, 5) is 16.3. The quantitative estimate of drug-likeness (QED) is 0.689. The molecular formula is C17H14BrN3O2S. The fourth-order valence-corrected chi connectivity index (χ4v) is 2.80. The molecule has 0 fully saturated rings. The molecular weight excluding hydrogens is 390 g/mol. The second kappa shape index (κ2) is 7.55. The molecule has 0 aliphatic carbocycles. The van der Waals surface area contributed by atoms with Crippen LogP contribution in [0.25, 0.3) is 11.4 Å². The lowest BCUT2D eigenvalue weighted by molar-refractivity contribution is -0.118. The lowest BCUT2D eigenvalue weighted by Crippen LogP contribution is -2.20. The number of halogens is 1. The number of carbonyl (C=O) groups is 1. The van der Waals surface area contributed by atoms with Gasteiger partial charge in [0.2, 0.25) is 5.13 Å². The van der Waals surface area contributed by atoms with Crippen LogP contribution in [0.5, 0.6) is 5.75 Å². The molecule has 0 saturated heterocycles. The molecule has 7 heteroatoms. The van der Waals surface area contributed by atoms with E-state index in [1.165, 1.54) is 5.56 Å². The van der Waals surface area contributed by atoms with E-state index in [-0.39, 0.29) is 12.5 Å². The minimum Gasteiger partial charge on any atom is -0.484 e. The normalized spacial score (nSPS) is 10.4. The van der Waals surface area contributed by atoms with Crippen LogP contribution < -0.4 is 10.1 Å². The SMILES string of the molecule is Cc1ccc(-c2nsc(NC(=O)COc3ccc(Br)cc3)n2)cc1. The lowest BCUT2D eigenvalue weighted by Gasteiger charge is -2.05. The molecule has 1 amide bonds. The van der Waals surface area contributed by atoms with E-state index in [9.17, 15) is 4.79 Å². The first-order valence-electron chi connectivity index (χ1n) is 7.19. The number of rotatable bonds is 5. The number of benzene rings is 2. The van der Waals surface area contributed by atoms with Crippen molar-refractivity contribution in [2.24, 2.45) is 0 Å². The zero-order chi connectivity index (χ0) is 16.9. The van der Waals surface area contributed by atoms with Crippen molar-refractivity contribution in [3.8, 4) is 17.1 Å². The molecule has 0 atom stereocenters. The van der Waals surface area contributed by atoms with Gasteiger partial charge in [-0.15, -0.1) is 0 Å². The molecule has 122 valence electrons. The zero-order valence-corrected chi connectivity index (χ0v) is 15.2. The molecule has 5 nitrogen and oxygen atoms in total. The summed E-state index contributed by atoms with van der Waals surface area (Å²) in [6.07, 6.45) is 0. The third-order valence-corrected chi connectivity index (χ3v) is 4.32. The van der Waals surface area contributed by atoms with Gasteiger partial charge < -0.3 is 4.74 Å². The molecule has 1 aromatic heterocycles. The number of nitrogens with one attached hydrogen (secondary N) is 1. The first-order chi connectivity index (χ1) is 11.6. The minimum atomic E-state index is -0.274. The molecule has 0 aliphatic heterocycles. The molecule has 24 heavy (non-hydrogen) atoms. The Morgan fingerprint density at radius 1 is 1.17 bits per heavy atom. The van der Waals surface area contributed by atoms with E-state index in [4.69, 9.17) is 4.74 Å². The van der Waals surface area contributed by atoms with Crippen molar-refractivity contribution in [1.29, 1.82) is 0 Å². The van der Waals surface area contributed by atoms with Crippen LogP contribution in [0.15, 0.2) is 53.0 Å². The van der Waals surface area contributed by atoms with Crippen LogP contribution in [0.1, 0.15) is 5.56 Å². The van der Waals surface area contributed by atoms with E-state index in [1.807, 2.05) is 43.3 Å². The Labute approximate surface area is 152 Å². The van der Waals surface area contributed by atoms with Gasteiger partial charge in [0.15, 0.2) is 12.4 Å². The monoisotopic (exact) mass is 403 g/mol. The van der Waals surface area contributed by atoms with Crippen molar-refractivity contribution in [1.82, 2.24) is 9.36 Å². The van der Waals surface area contributed by atoms with Gasteiger partial charge in [-0.05, 0) is 31.2 Å². The summed E-state index contributed by atoms with van der Waals surface area (Å²) in [7, 11) is 0. The second-order valence-corrected chi connectivity index (χ2v) is 6.75. The summed E-state index contributed by atoms with van der Waals surface area (Å²) in [5, 5.41) is 3.15. The predicted octanol–water partition coefficient (Wildman–Crippen LogP) is 4.29. The Hall–Kier alpha value is -2.25. The highest BCUT2D eigenvalue weighted by atomic mass is 79.9. The highest BCUT2D eigenvalue weighted by Crippen LogP contribution is 2.21. The van der Waals surface area contributed by atoms with Crippen molar-refractivity contribution < 1.29 is 9.53 Å². The van der Waals surface area contributed by atoms with Gasteiger partial charge in [-0.1, -0.05) is 45.8 Å². The Bertz CT molecular complexity index is 832. The van der Waals surface area contributed by atoms with E-state index in [0.29, 0.717) is 16.7 Å². The highest BCUT2D eigenvalue weighted by molar-refractivity contribution is 9.10. The van der Waals surface area contributed by atoms with Crippen LogP contribution in [-0.2, 0) is 4.79 Å². The third kappa shape index (κ3) is 4.39. The van der Waals surface area contributed by atoms with Crippen LogP contribution >= 0.6 is 27.5 Å². The first-order valence-corrected chi connectivity index (χ1v) is 8.76. The number of hydrogen-bond donors (Lipinski definition) is 1. The molecule has 0 radical (unpaired) electrons. The van der Waals surface area contributed by atoms with Crippen molar-refractivity contribution in [2.75, 3.05) is 11.9 Å². The lowest BCUT2D eigenvalue weighted by atomic mass is 10.1. The Balaban J connectivity index is 1.57. The molecule has 0 unspecified atom stereocenters. The van der Waals surface area contributed by atoms with E-state index in [0.717, 1.165) is 21.6 Å². The molecule has 3 aromatic rings. The maximum atomic E-state index is 11.9.